The van der Waals surface area contributed by atoms with Gasteiger partial charge in [0.25, 0.3) is 11.8 Å². The maximum atomic E-state index is 13.0. The number of fused-ring (bicyclic) bond motifs is 1. The molecule has 0 fully saturated rings. The molecule has 0 aliphatic carbocycles. The Labute approximate surface area is 179 Å². The number of ether oxygens (including phenoxy) is 1. The maximum absolute atomic E-state index is 13.0. The molecule has 0 saturated heterocycles. The zero-order valence-electron chi connectivity index (χ0n) is 16.0. The van der Waals surface area contributed by atoms with Gasteiger partial charge in [-0.3, -0.25) is 9.59 Å². The average Bonchev–Trinajstić information content (AvgIpc) is 3.32. The van der Waals surface area contributed by atoms with E-state index in [0.717, 1.165) is 4.47 Å². The molecule has 0 spiro atoms. The summed E-state index contributed by atoms with van der Waals surface area (Å²) in [6, 6.07) is 12.2. The van der Waals surface area contributed by atoms with Crippen molar-refractivity contribution in [3.63, 3.8) is 0 Å². The minimum atomic E-state index is -0.520. The van der Waals surface area contributed by atoms with Gasteiger partial charge in [0.15, 0.2) is 0 Å². The predicted octanol–water partition coefficient (Wildman–Crippen LogP) is 5.00. The average molecular weight is 470 g/mol. The van der Waals surface area contributed by atoms with Crippen LogP contribution < -0.4 is 15.4 Å². The molecule has 4 rings (SSSR count). The molecule has 0 aliphatic heterocycles. The van der Waals surface area contributed by atoms with E-state index in [0.29, 0.717) is 28.2 Å². The van der Waals surface area contributed by atoms with Gasteiger partial charge in [-0.25, -0.2) is 0 Å². The fourth-order valence-corrected chi connectivity index (χ4v) is 3.30. The number of methoxy groups -OCH3 is 1. The molecular weight excluding hydrogens is 454 g/mol. The van der Waals surface area contributed by atoms with Crippen LogP contribution in [0.2, 0.25) is 0 Å². The van der Waals surface area contributed by atoms with Crippen LogP contribution in [0.4, 0.5) is 11.4 Å². The van der Waals surface area contributed by atoms with Crippen LogP contribution in [-0.4, -0.2) is 24.1 Å². The van der Waals surface area contributed by atoms with Crippen molar-refractivity contribution in [1.82, 2.24) is 5.16 Å². The van der Waals surface area contributed by atoms with Crippen molar-refractivity contribution in [2.45, 2.75) is 6.92 Å². The number of hydrogen-bond donors (Lipinski definition) is 2. The third kappa shape index (κ3) is 3.79. The van der Waals surface area contributed by atoms with Crippen molar-refractivity contribution in [3.05, 3.63) is 70.2 Å². The maximum Gasteiger partial charge on any atom is 0.293 e. The summed E-state index contributed by atoms with van der Waals surface area (Å²) in [5.41, 5.74) is 1.48. The molecule has 8 nitrogen and oxygen atoms in total. The topological polar surface area (TPSA) is 107 Å². The molecule has 2 N–H and O–H groups in total. The number of rotatable bonds is 5. The first-order valence-electron chi connectivity index (χ1n) is 8.86. The smallest absolute Gasteiger partial charge is 0.293 e. The largest absolute Gasteiger partial charge is 0.497 e. The molecule has 0 aliphatic rings. The number of carbonyl (C=O) groups excluding carboxylic acids is 2. The first-order valence-corrected chi connectivity index (χ1v) is 9.65. The lowest BCUT2D eigenvalue weighted by atomic mass is 10.2. The lowest BCUT2D eigenvalue weighted by Gasteiger charge is -2.08. The van der Waals surface area contributed by atoms with Gasteiger partial charge < -0.3 is 24.3 Å². The zero-order chi connectivity index (χ0) is 21.3. The third-order valence-electron chi connectivity index (χ3n) is 4.42. The van der Waals surface area contributed by atoms with Crippen LogP contribution in [0.25, 0.3) is 11.0 Å². The van der Waals surface area contributed by atoms with Gasteiger partial charge in [-0.2, -0.15) is 0 Å². The second-order valence-electron chi connectivity index (χ2n) is 6.38. The number of hydrogen-bond acceptors (Lipinski definition) is 6. The molecule has 2 aromatic heterocycles. The normalized spacial score (nSPS) is 10.8. The highest BCUT2D eigenvalue weighted by atomic mass is 79.9. The fraction of sp³-hybridized carbons (Fsp3) is 0.0952. The van der Waals surface area contributed by atoms with Gasteiger partial charge in [0, 0.05) is 21.6 Å². The Balaban J connectivity index is 1.73. The Bertz CT molecular complexity index is 1260. The first-order chi connectivity index (χ1) is 14.5. The third-order valence-corrected chi connectivity index (χ3v) is 4.91. The monoisotopic (exact) mass is 469 g/mol. The lowest BCUT2D eigenvalue weighted by molar-refractivity contribution is 0.0999. The molecule has 30 heavy (non-hydrogen) atoms. The van der Waals surface area contributed by atoms with E-state index < -0.39 is 11.8 Å². The van der Waals surface area contributed by atoms with Crippen molar-refractivity contribution < 1.29 is 23.3 Å². The van der Waals surface area contributed by atoms with Gasteiger partial charge in [-0.1, -0.05) is 27.2 Å². The first kappa shape index (κ1) is 19.7. The number of amides is 2. The predicted molar refractivity (Wildman–Crippen MR) is 114 cm³/mol. The van der Waals surface area contributed by atoms with Crippen molar-refractivity contribution in [2.75, 3.05) is 17.7 Å². The molecule has 2 amide bonds. The van der Waals surface area contributed by atoms with E-state index in [-0.39, 0.29) is 17.0 Å². The van der Waals surface area contributed by atoms with Crippen LogP contribution in [0.3, 0.4) is 0 Å². The summed E-state index contributed by atoms with van der Waals surface area (Å²) in [7, 11) is 1.54. The second-order valence-corrected chi connectivity index (χ2v) is 7.30. The molecule has 0 bridgehead atoms. The number of halogens is 1. The highest BCUT2D eigenvalue weighted by Gasteiger charge is 2.24. The molecule has 2 aromatic carbocycles. The van der Waals surface area contributed by atoms with E-state index in [1.807, 2.05) is 0 Å². The summed E-state index contributed by atoms with van der Waals surface area (Å²) in [5.74, 6) is -0.0604. The van der Waals surface area contributed by atoms with E-state index in [1.54, 1.807) is 56.5 Å². The quantitative estimate of drug-likeness (QED) is 0.425. The van der Waals surface area contributed by atoms with Crippen molar-refractivity contribution in [1.29, 1.82) is 0 Å². The molecule has 0 atom stereocenters. The van der Waals surface area contributed by atoms with Crippen LogP contribution in [0.15, 0.2) is 62.1 Å². The Morgan fingerprint density at radius 2 is 1.93 bits per heavy atom. The summed E-state index contributed by atoms with van der Waals surface area (Å²) in [6.45, 7) is 1.63. The van der Waals surface area contributed by atoms with Crippen molar-refractivity contribution in [2.24, 2.45) is 0 Å². The highest BCUT2D eigenvalue weighted by molar-refractivity contribution is 9.10. The van der Waals surface area contributed by atoms with Crippen LogP contribution in [0.5, 0.6) is 5.75 Å². The van der Waals surface area contributed by atoms with Crippen LogP contribution in [-0.2, 0) is 0 Å². The molecular formula is C21H16BrN3O5. The van der Waals surface area contributed by atoms with Gasteiger partial charge in [0.05, 0.1) is 13.3 Å². The summed E-state index contributed by atoms with van der Waals surface area (Å²) >= 11 is 3.41. The van der Waals surface area contributed by atoms with E-state index >= 15 is 0 Å². The molecule has 152 valence electrons. The number of carbonyl (C=O) groups is 2. The molecule has 9 heteroatoms. The zero-order valence-corrected chi connectivity index (χ0v) is 17.6. The Hall–Kier alpha value is -3.59. The number of nitrogens with one attached hydrogen (secondary N) is 2. The SMILES string of the molecule is COc1cccc(NC(=O)c2oc3ccc(Br)cc3c2NC(=O)c2cnoc2C)c1. The molecule has 0 radical (unpaired) electrons. The van der Waals surface area contributed by atoms with Gasteiger partial charge >= 0.3 is 0 Å². The standard InChI is InChI=1S/C21H16BrN3O5/c1-11-16(10-23-30-11)20(26)25-18-15-8-12(22)6-7-17(15)29-19(18)21(27)24-13-4-3-5-14(9-13)28-2/h3-10H,1-2H3,(H,24,27)(H,25,26). The molecule has 0 unspecified atom stereocenters. The highest BCUT2D eigenvalue weighted by Crippen LogP contribution is 2.34. The number of aromatic nitrogens is 1. The number of nitrogens with zero attached hydrogens (tertiary/aromatic N) is 1. The van der Waals surface area contributed by atoms with E-state index in [1.165, 1.54) is 6.20 Å². The number of benzene rings is 2. The fourth-order valence-electron chi connectivity index (χ4n) is 2.94. The van der Waals surface area contributed by atoms with Gasteiger partial charge in [-0.15, -0.1) is 0 Å². The van der Waals surface area contributed by atoms with Crippen LogP contribution in [0.1, 0.15) is 26.7 Å². The Morgan fingerprint density at radius 3 is 2.67 bits per heavy atom. The summed E-state index contributed by atoms with van der Waals surface area (Å²) in [5, 5.41) is 9.71. The minimum absolute atomic E-state index is 0.0339. The molecule has 2 heterocycles. The summed E-state index contributed by atoms with van der Waals surface area (Å²) < 4.78 is 16.7. The van der Waals surface area contributed by atoms with Crippen molar-refractivity contribution >= 4 is 50.1 Å². The number of aryl methyl sites for hydroxylation is 1. The van der Waals surface area contributed by atoms with Gasteiger partial charge in [-0.05, 0) is 37.3 Å². The minimum Gasteiger partial charge on any atom is -0.497 e. The van der Waals surface area contributed by atoms with Crippen LogP contribution >= 0.6 is 15.9 Å². The number of furan rings is 1. The molecule has 4 aromatic rings. The van der Waals surface area contributed by atoms with Gasteiger partial charge in [0.1, 0.15) is 28.3 Å². The van der Waals surface area contributed by atoms with Crippen molar-refractivity contribution in [3.8, 4) is 5.75 Å². The van der Waals surface area contributed by atoms with Gasteiger partial charge in [0.2, 0.25) is 5.76 Å². The lowest BCUT2D eigenvalue weighted by Crippen LogP contribution is -2.17. The number of anilines is 2. The van der Waals surface area contributed by atoms with Crippen LogP contribution in [0, 0.1) is 6.92 Å². The Kier molecular flexibility index (Phi) is 5.28. The summed E-state index contributed by atoms with van der Waals surface area (Å²) in [4.78, 5) is 25.7. The molecule has 0 saturated carbocycles. The van der Waals surface area contributed by atoms with E-state index in [4.69, 9.17) is 13.7 Å². The Morgan fingerprint density at radius 1 is 1.10 bits per heavy atom. The summed E-state index contributed by atoms with van der Waals surface area (Å²) in [6.07, 6.45) is 1.32. The van der Waals surface area contributed by atoms with E-state index in [9.17, 15) is 9.59 Å². The van der Waals surface area contributed by atoms with E-state index in [2.05, 4.69) is 31.7 Å². The second kappa shape index (κ2) is 8.03.